The summed E-state index contributed by atoms with van der Waals surface area (Å²) in [5.74, 6) is 1.20. The van der Waals surface area contributed by atoms with Crippen LogP contribution < -0.4 is 0 Å². The monoisotopic (exact) mass is 243 g/mol. The maximum Gasteiger partial charge on any atom is 0.232 e. The first-order valence-corrected chi connectivity index (χ1v) is 6.74. The Bertz CT molecular complexity index is 264. The number of carbonyl (C=O) groups is 1. The van der Waals surface area contributed by atoms with Crippen molar-refractivity contribution in [2.24, 2.45) is 11.3 Å². The molecule has 16 heavy (non-hydrogen) atoms. The fourth-order valence-corrected chi connectivity index (χ4v) is 1.86. The maximum atomic E-state index is 12.0. The molecule has 1 aliphatic carbocycles. The number of rotatable bonds is 4. The topological polar surface area (TPSA) is 20.3 Å². The lowest BCUT2D eigenvalue weighted by atomic mass is 9.75. The van der Waals surface area contributed by atoms with Gasteiger partial charge in [-0.25, -0.2) is 0 Å². The molecule has 1 amide bonds. The van der Waals surface area contributed by atoms with E-state index < -0.39 is 0 Å². The lowest BCUT2D eigenvalue weighted by molar-refractivity contribution is -0.138. The first-order chi connectivity index (χ1) is 7.20. The van der Waals surface area contributed by atoms with Crippen LogP contribution in [0.3, 0.4) is 0 Å². The largest absolute Gasteiger partial charge is 0.336 e. The van der Waals surface area contributed by atoms with Crippen LogP contribution in [-0.2, 0) is 4.79 Å². The molecule has 0 aromatic heterocycles. The Morgan fingerprint density at radius 3 is 2.06 bits per heavy atom. The molecule has 3 heteroatoms. The van der Waals surface area contributed by atoms with Gasteiger partial charge < -0.3 is 4.90 Å². The molecule has 0 heterocycles. The number of hydrogen-bond acceptors (Lipinski definition) is 2. The summed E-state index contributed by atoms with van der Waals surface area (Å²) in [4.78, 5) is 14.1. The summed E-state index contributed by atoms with van der Waals surface area (Å²) >= 11 is 4.13. The molecule has 94 valence electrons. The molecular formula is C13H25NOS. The standard InChI is InChI=1S/C13H25NOS/c1-12(2,3)13(4,5)14(11(15)9-16)8-10-6-7-10/h10,16H,6-9H2,1-5H3. The van der Waals surface area contributed by atoms with Crippen molar-refractivity contribution in [1.29, 1.82) is 0 Å². The highest BCUT2D eigenvalue weighted by Gasteiger charge is 2.42. The number of amides is 1. The maximum absolute atomic E-state index is 12.0. The van der Waals surface area contributed by atoms with Gasteiger partial charge in [0.25, 0.3) is 0 Å². The molecule has 1 aliphatic rings. The Kier molecular flexibility index (Phi) is 3.99. The van der Waals surface area contributed by atoms with Gasteiger partial charge in [0.1, 0.15) is 0 Å². The van der Waals surface area contributed by atoms with E-state index in [-0.39, 0.29) is 16.9 Å². The molecular weight excluding hydrogens is 218 g/mol. The molecule has 1 rings (SSSR count). The van der Waals surface area contributed by atoms with Gasteiger partial charge in [-0.2, -0.15) is 12.6 Å². The molecule has 0 aromatic rings. The number of hydrogen-bond donors (Lipinski definition) is 1. The minimum Gasteiger partial charge on any atom is -0.336 e. The normalized spacial score (nSPS) is 17.4. The second kappa shape index (κ2) is 4.59. The third-order valence-electron chi connectivity index (χ3n) is 4.08. The highest BCUT2D eigenvalue weighted by molar-refractivity contribution is 7.81. The smallest absolute Gasteiger partial charge is 0.232 e. The lowest BCUT2D eigenvalue weighted by Gasteiger charge is -2.48. The zero-order chi connectivity index (χ0) is 12.6. The molecule has 0 aromatic carbocycles. The summed E-state index contributed by atoms with van der Waals surface area (Å²) in [7, 11) is 0. The third kappa shape index (κ3) is 2.93. The van der Waals surface area contributed by atoms with Crippen LogP contribution in [-0.4, -0.2) is 28.6 Å². The third-order valence-corrected chi connectivity index (χ3v) is 4.35. The van der Waals surface area contributed by atoms with Gasteiger partial charge in [-0.05, 0) is 38.0 Å². The van der Waals surface area contributed by atoms with E-state index in [9.17, 15) is 4.79 Å². The van der Waals surface area contributed by atoms with Crippen LogP contribution in [0.4, 0.5) is 0 Å². The van der Waals surface area contributed by atoms with Crippen molar-refractivity contribution >= 4 is 18.5 Å². The molecule has 0 atom stereocenters. The minimum absolute atomic E-state index is 0.0838. The Labute approximate surface area is 105 Å². The minimum atomic E-state index is -0.116. The van der Waals surface area contributed by atoms with E-state index in [0.717, 1.165) is 12.5 Å². The van der Waals surface area contributed by atoms with Gasteiger partial charge in [-0.3, -0.25) is 4.79 Å². The van der Waals surface area contributed by atoms with Gasteiger partial charge in [0, 0.05) is 12.1 Å². The Hall–Kier alpha value is -0.180. The lowest BCUT2D eigenvalue weighted by Crippen LogP contribution is -2.56. The van der Waals surface area contributed by atoms with Crippen molar-refractivity contribution in [1.82, 2.24) is 4.90 Å². The van der Waals surface area contributed by atoms with Crippen LogP contribution >= 0.6 is 12.6 Å². The van der Waals surface area contributed by atoms with Crippen LogP contribution in [0.2, 0.25) is 0 Å². The summed E-state index contributed by atoms with van der Waals surface area (Å²) < 4.78 is 0. The first kappa shape index (κ1) is 13.9. The number of thiol groups is 1. The van der Waals surface area contributed by atoms with E-state index in [1.54, 1.807) is 0 Å². The summed E-state index contributed by atoms with van der Waals surface area (Å²) in [6.07, 6.45) is 2.55. The molecule has 2 nitrogen and oxygen atoms in total. The quantitative estimate of drug-likeness (QED) is 0.753. The van der Waals surface area contributed by atoms with Crippen molar-refractivity contribution in [3.05, 3.63) is 0 Å². The summed E-state index contributed by atoms with van der Waals surface area (Å²) in [5, 5.41) is 0. The van der Waals surface area contributed by atoms with Gasteiger partial charge in [0.2, 0.25) is 5.91 Å². The van der Waals surface area contributed by atoms with Gasteiger partial charge in [0.05, 0.1) is 5.75 Å². The fourth-order valence-electron chi connectivity index (χ4n) is 1.69. The van der Waals surface area contributed by atoms with Crippen molar-refractivity contribution in [3.8, 4) is 0 Å². The highest BCUT2D eigenvalue weighted by Crippen LogP contribution is 2.39. The zero-order valence-corrected chi connectivity index (χ0v) is 12.1. The van der Waals surface area contributed by atoms with Crippen molar-refractivity contribution in [3.63, 3.8) is 0 Å². The summed E-state index contributed by atoms with van der Waals surface area (Å²) in [5.41, 5.74) is -0.0318. The SMILES string of the molecule is CC(C)(C)C(C)(C)N(CC1CC1)C(=O)CS. The fraction of sp³-hybridized carbons (Fsp3) is 0.923. The van der Waals surface area contributed by atoms with E-state index in [0.29, 0.717) is 5.75 Å². The van der Waals surface area contributed by atoms with E-state index in [4.69, 9.17) is 0 Å². The van der Waals surface area contributed by atoms with Crippen LogP contribution in [0, 0.1) is 11.3 Å². The molecule has 0 N–H and O–H groups in total. The van der Waals surface area contributed by atoms with Crippen LogP contribution in [0.5, 0.6) is 0 Å². The van der Waals surface area contributed by atoms with Gasteiger partial charge >= 0.3 is 0 Å². The van der Waals surface area contributed by atoms with Gasteiger partial charge in [0.15, 0.2) is 0 Å². The molecule has 1 fully saturated rings. The van der Waals surface area contributed by atoms with E-state index in [1.807, 2.05) is 4.90 Å². The number of nitrogens with zero attached hydrogens (tertiary/aromatic N) is 1. The Morgan fingerprint density at radius 1 is 1.25 bits per heavy atom. The molecule has 0 bridgehead atoms. The van der Waals surface area contributed by atoms with Crippen molar-refractivity contribution in [2.45, 2.75) is 53.0 Å². The highest BCUT2D eigenvalue weighted by atomic mass is 32.1. The summed E-state index contributed by atoms with van der Waals surface area (Å²) in [6.45, 7) is 11.8. The van der Waals surface area contributed by atoms with E-state index in [1.165, 1.54) is 12.8 Å². The predicted octanol–water partition coefficient (Wildman–Crippen LogP) is 2.98. The second-order valence-corrected chi connectivity index (χ2v) is 6.73. The zero-order valence-electron chi connectivity index (χ0n) is 11.2. The van der Waals surface area contributed by atoms with Crippen LogP contribution in [0.25, 0.3) is 0 Å². The number of carbonyl (C=O) groups excluding carboxylic acids is 1. The van der Waals surface area contributed by atoms with Crippen LogP contribution in [0.15, 0.2) is 0 Å². The van der Waals surface area contributed by atoms with Crippen molar-refractivity contribution in [2.75, 3.05) is 12.3 Å². The predicted molar refractivity (Wildman–Crippen MR) is 71.8 cm³/mol. The Morgan fingerprint density at radius 2 is 1.75 bits per heavy atom. The van der Waals surface area contributed by atoms with E-state index >= 15 is 0 Å². The van der Waals surface area contributed by atoms with Gasteiger partial charge in [-0.1, -0.05) is 20.8 Å². The average molecular weight is 243 g/mol. The average Bonchev–Trinajstić information content (AvgIpc) is 2.94. The first-order valence-electron chi connectivity index (χ1n) is 6.11. The molecule has 0 unspecified atom stereocenters. The molecule has 0 radical (unpaired) electrons. The molecule has 0 saturated heterocycles. The second-order valence-electron chi connectivity index (χ2n) is 6.41. The van der Waals surface area contributed by atoms with E-state index in [2.05, 4.69) is 47.2 Å². The van der Waals surface area contributed by atoms with Gasteiger partial charge in [-0.15, -0.1) is 0 Å². The Balaban J connectivity index is 2.85. The molecule has 0 spiro atoms. The molecule has 1 saturated carbocycles. The van der Waals surface area contributed by atoms with Crippen LogP contribution in [0.1, 0.15) is 47.5 Å². The summed E-state index contributed by atoms with van der Waals surface area (Å²) in [6, 6.07) is 0. The molecule has 0 aliphatic heterocycles. The van der Waals surface area contributed by atoms with Crippen molar-refractivity contribution < 1.29 is 4.79 Å².